The van der Waals surface area contributed by atoms with E-state index in [4.69, 9.17) is 14.4 Å². The van der Waals surface area contributed by atoms with Crippen LogP contribution in [0.2, 0.25) is 0 Å². The number of benzene rings is 6. The van der Waals surface area contributed by atoms with Crippen molar-refractivity contribution in [3.05, 3.63) is 169 Å². The predicted octanol–water partition coefficient (Wildman–Crippen LogP) is 10.5. The highest BCUT2D eigenvalue weighted by molar-refractivity contribution is 6.11. The summed E-state index contributed by atoms with van der Waals surface area (Å²) in [4.78, 5) is 13.8. The summed E-state index contributed by atoms with van der Waals surface area (Å²) in [6.45, 7) is 0. The summed E-state index contributed by atoms with van der Waals surface area (Å²) in [5.41, 5.74) is 12.5. The quantitative estimate of drug-likeness (QED) is 0.212. The molecule has 3 aromatic heterocycles. The lowest BCUT2D eigenvalue weighted by atomic mass is 9.99. The zero-order valence-electron chi connectivity index (χ0n) is 25.3. The minimum atomic E-state index is 0.736. The largest absolute Gasteiger partial charge is 0.456 e. The third-order valence-corrected chi connectivity index (χ3v) is 8.61. The summed E-state index contributed by atoms with van der Waals surface area (Å²) in [5.74, 6) is 0. The van der Waals surface area contributed by atoms with Gasteiger partial charge in [-0.25, -0.2) is 9.98 Å². The van der Waals surface area contributed by atoms with Gasteiger partial charge in [0.1, 0.15) is 11.2 Å². The van der Waals surface area contributed by atoms with Gasteiger partial charge < -0.3 is 9.40 Å². The topological polar surface area (TPSA) is 59.1 Å². The van der Waals surface area contributed by atoms with Crippen molar-refractivity contribution in [1.82, 2.24) is 14.5 Å². The number of fused-ring (bicyclic) bond motifs is 4. The van der Waals surface area contributed by atoms with Crippen LogP contribution < -0.4 is 5.62 Å². The summed E-state index contributed by atoms with van der Waals surface area (Å²) < 4.78 is 8.65. The number of hydrogen-bond donors (Lipinski definition) is 1. The Labute approximate surface area is 270 Å². The fraction of sp³-hybridized carbons (Fsp3) is 0. The van der Waals surface area contributed by atoms with Crippen LogP contribution in [0.5, 0.6) is 0 Å². The lowest BCUT2D eigenvalue weighted by Gasteiger charge is -2.11. The number of H-pyrrole nitrogens is 1. The van der Waals surface area contributed by atoms with Crippen molar-refractivity contribution in [1.29, 1.82) is 0 Å². The van der Waals surface area contributed by atoms with E-state index in [0.717, 1.165) is 83.6 Å². The van der Waals surface area contributed by atoms with Gasteiger partial charge in [0.25, 0.3) is 0 Å². The van der Waals surface area contributed by atoms with Crippen LogP contribution in [0, 0.1) is 0 Å². The molecule has 1 N–H and O–H groups in total. The van der Waals surface area contributed by atoms with Crippen molar-refractivity contribution in [3.8, 4) is 39.3 Å². The highest BCUT2D eigenvalue weighted by Crippen LogP contribution is 2.37. The fourth-order valence-corrected chi connectivity index (χ4v) is 6.40. The average Bonchev–Trinajstić information content (AvgIpc) is 3.70. The number of hydrogen-bond acceptors (Lipinski definition) is 3. The van der Waals surface area contributed by atoms with Gasteiger partial charge in [-0.3, -0.25) is 4.57 Å². The molecule has 0 radical (unpaired) electrons. The number of para-hydroxylation sites is 3. The second-order valence-electron chi connectivity index (χ2n) is 11.6. The standard InChI is InChI=1S/C42H28N4O/c1-4-13-28(14-5-1)31-26-35(29-15-6-2-7-16-29)44-36(27-31)30-23-24-39-33(25-30)41-38(21-12-22-40(41)47-39)46-37-20-11-10-19-34(37)45-42(46)43-32-17-8-3-9-18-32/h1-27H,(H,43,45). The predicted molar refractivity (Wildman–Crippen MR) is 191 cm³/mol. The zero-order valence-corrected chi connectivity index (χ0v) is 25.3. The first kappa shape index (κ1) is 26.9. The van der Waals surface area contributed by atoms with E-state index < -0.39 is 0 Å². The molecule has 0 saturated heterocycles. The summed E-state index contributed by atoms with van der Waals surface area (Å²) >= 11 is 0. The van der Waals surface area contributed by atoms with Gasteiger partial charge in [-0.15, -0.1) is 0 Å². The first-order chi connectivity index (χ1) is 23.3. The Morgan fingerprint density at radius 3 is 2.00 bits per heavy atom. The normalized spacial score (nSPS) is 12.0. The smallest absolute Gasteiger partial charge is 0.213 e. The molecular weight excluding hydrogens is 576 g/mol. The Morgan fingerprint density at radius 2 is 1.21 bits per heavy atom. The summed E-state index contributed by atoms with van der Waals surface area (Å²) in [5, 5.41) is 2.04. The van der Waals surface area contributed by atoms with Gasteiger partial charge in [0.15, 0.2) is 0 Å². The van der Waals surface area contributed by atoms with Gasteiger partial charge in [0, 0.05) is 16.5 Å². The summed E-state index contributed by atoms with van der Waals surface area (Å²) in [6.07, 6.45) is 0. The van der Waals surface area contributed by atoms with E-state index in [2.05, 4.69) is 113 Å². The van der Waals surface area contributed by atoms with E-state index in [-0.39, 0.29) is 0 Å². The number of aromatic amines is 1. The Hall–Kier alpha value is -6.46. The molecule has 0 unspecified atom stereocenters. The second-order valence-corrected chi connectivity index (χ2v) is 11.6. The molecule has 0 aliphatic rings. The molecule has 9 rings (SSSR count). The molecule has 9 aromatic rings. The molecule has 0 bridgehead atoms. The maximum absolute atomic E-state index is 6.46. The number of nitrogens with one attached hydrogen (secondary N) is 1. The molecule has 6 aromatic carbocycles. The van der Waals surface area contributed by atoms with Crippen LogP contribution in [0.3, 0.4) is 0 Å². The molecule has 0 aliphatic heterocycles. The van der Waals surface area contributed by atoms with E-state index in [1.807, 2.05) is 60.7 Å². The third kappa shape index (κ3) is 4.82. The summed E-state index contributed by atoms with van der Waals surface area (Å²) in [6, 6.07) is 56.1. The fourth-order valence-electron chi connectivity index (χ4n) is 6.40. The number of aromatic nitrogens is 3. The molecule has 0 atom stereocenters. The molecule has 0 aliphatic carbocycles. The van der Waals surface area contributed by atoms with Crippen molar-refractivity contribution in [2.75, 3.05) is 0 Å². The molecule has 5 heteroatoms. The highest BCUT2D eigenvalue weighted by atomic mass is 16.3. The lowest BCUT2D eigenvalue weighted by Crippen LogP contribution is -2.16. The highest BCUT2D eigenvalue weighted by Gasteiger charge is 2.17. The van der Waals surface area contributed by atoms with Gasteiger partial charge >= 0.3 is 0 Å². The number of pyridine rings is 1. The monoisotopic (exact) mass is 604 g/mol. The van der Waals surface area contributed by atoms with Crippen LogP contribution in [0.15, 0.2) is 173 Å². The Kier molecular flexibility index (Phi) is 6.39. The van der Waals surface area contributed by atoms with Crippen LogP contribution >= 0.6 is 0 Å². The van der Waals surface area contributed by atoms with Gasteiger partial charge in [-0.05, 0) is 77.9 Å². The molecule has 0 amide bonds. The van der Waals surface area contributed by atoms with Crippen LogP contribution in [0.25, 0.3) is 72.3 Å². The van der Waals surface area contributed by atoms with Gasteiger partial charge in [0.05, 0.1) is 39.2 Å². The third-order valence-electron chi connectivity index (χ3n) is 8.61. The maximum Gasteiger partial charge on any atom is 0.213 e. The summed E-state index contributed by atoms with van der Waals surface area (Å²) in [7, 11) is 0. The lowest BCUT2D eigenvalue weighted by molar-refractivity contribution is 0.669. The molecule has 0 saturated carbocycles. The first-order valence-electron chi connectivity index (χ1n) is 15.7. The van der Waals surface area contributed by atoms with Crippen LogP contribution in [-0.4, -0.2) is 14.5 Å². The van der Waals surface area contributed by atoms with Crippen molar-refractivity contribution in [2.45, 2.75) is 0 Å². The molecule has 3 heterocycles. The van der Waals surface area contributed by atoms with Crippen LogP contribution in [-0.2, 0) is 0 Å². The van der Waals surface area contributed by atoms with E-state index in [1.54, 1.807) is 0 Å². The first-order valence-corrected chi connectivity index (χ1v) is 15.7. The number of furan rings is 1. The van der Waals surface area contributed by atoms with Gasteiger partial charge in [-0.2, -0.15) is 0 Å². The molecule has 0 fully saturated rings. The Bertz CT molecular complexity index is 2560. The Balaban J connectivity index is 1.29. The SMILES string of the molecule is c1ccc(N=c2[nH]c3ccccc3n2-c2cccc3oc4ccc(-c5cc(-c6ccccc6)cc(-c6ccccc6)n5)cc4c23)cc1. The number of imidazole rings is 1. The number of rotatable bonds is 5. The van der Waals surface area contributed by atoms with Crippen molar-refractivity contribution < 1.29 is 4.42 Å². The Morgan fingerprint density at radius 1 is 0.532 bits per heavy atom. The maximum atomic E-state index is 6.46. The minimum absolute atomic E-state index is 0.736. The average molecular weight is 605 g/mol. The van der Waals surface area contributed by atoms with Crippen molar-refractivity contribution in [3.63, 3.8) is 0 Å². The van der Waals surface area contributed by atoms with E-state index >= 15 is 0 Å². The zero-order chi connectivity index (χ0) is 31.2. The van der Waals surface area contributed by atoms with E-state index in [1.165, 1.54) is 0 Å². The minimum Gasteiger partial charge on any atom is -0.456 e. The molecule has 5 nitrogen and oxygen atoms in total. The van der Waals surface area contributed by atoms with Gasteiger partial charge in [-0.1, -0.05) is 97.1 Å². The van der Waals surface area contributed by atoms with Crippen LogP contribution in [0.1, 0.15) is 0 Å². The van der Waals surface area contributed by atoms with Gasteiger partial charge in [0.2, 0.25) is 5.62 Å². The molecular formula is C42H28N4O. The van der Waals surface area contributed by atoms with Crippen molar-refractivity contribution in [2.24, 2.45) is 4.99 Å². The van der Waals surface area contributed by atoms with E-state index in [9.17, 15) is 0 Å². The number of nitrogens with zero attached hydrogens (tertiary/aromatic N) is 3. The molecule has 0 spiro atoms. The van der Waals surface area contributed by atoms with Crippen LogP contribution in [0.4, 0.5) is 5.69 Å². The molecule has 222 valence electrons. The van der Waals surface area contributed by atoms with E-state index in [0.29, 0.717) is 0 Å². The second kappa shape index (κ2) is 11.2. The molecule has 47 heavy (non-hydrogen) atoms. The van der Waals surface area contributed by atoms with Crippen molar-refractivity contribution >= 4 is 38.7 Å².